The molecule has 2 rings (SSSR count). The summed E-state index contributed by atoms with van der Waals surface area (Å²) in [6, 6.07) is 0.352. The van der Waals surface area contributed by atoms with E-state index in [-0.39, 0.29) is 18.1 Å². The van der Waals surface area contributed by atoms with Crippen LogP contribution in [-0.4, -0.2) is 29.2 Å². The highest BCUT2D eigenvalue weighted by Gasteiger charge is 2.34. The van der Waals surface area contributed by atoms with Crippen LogP contribution < -0.4 is 0 Å². The number of amides is 1. The van der Waals surface area contributed by atoms with E-state index in [0.717, 1.165) is 18.8 Å². The highest BCUT2D eigenvalue weighted by molar-refractivity contribution is 6.05. The summed E-state index contributed by atoms with van der Waals surface area (Å²) in [6.45, 7) is 2.63. The number of nitrogens with zero attached hydrogens (tertiary/aromatic N) is 1. The number of Topliss-reactive ketones (excluding diaryl/α,β-unsaturated/α-hetero) is 1. The number of carbonyl (C=O) groups is 2. The van der Waals surface area contributed by atoms with E-state index in [0.29, 0.717) is 12.6 Å². The fourth-order valence-corrected chi connectivity index (χ4v) is 2.49. The minimum Gasteiger partial charge on any atom is -0.332 e. The summed E-state index contributed by atoms with van der Waals surface area (Å²) in [4.78, 5) is 24.4. The number of hydrogen-bond acceptors (Lipinski definition) is 2. The average Bonchev–Trinajstić information content (AvgIpc) is 2.47. The maximum atomic E-state index is 11.5. The van der Waals surface area contributed by atoms with E-state index in [2.05, 4.69) is 6.92 Å². The van der Waals surface area contributed by atoms with Gasteiger partial charge in [0.2, 0.25) is 5.91 Å². The van der Waals surface area contributed by atoms with Crippen LogP contribution in [0.4, 0.5) is 0 Å². The minimum absolute atomic E-state index is 0.0505. The Morgan fingerprint density at radius 2 is 1.79 bits per heavy atom. The zero-order valence-corrected chi connectivity index (χ0v) is 8.66. The standard InChI is InChI=1S/C11H17NO2/c1-8-2-4-9(5-3-8)12-7-10(13)6-11(12)14/h8-9H,2-7H2,1H3. The minimum atomic E-state index is 0.0505. The topological polar surface area (TPSA) is 37.4 Å². The van der Waals surface area contributed by atoms with Crippen molar-refractivity contribution >= 4 is 11.7 Å². The molecule has 3 heteroatoms. The summed E-state index contributed by atoms with van der Waals surface area (Å²) in [6.07, 6.45) is 4.71. The lowest BCUT2D eigenvalue weighted by atomic mass is 9.87. The highest BCUT2D eigenvalue weighted by Crippen LogP contribution is 2.28. The first-order chi connectivity index (χ1) is 6.66. The van der Waals surface area contributed by atoms with Crippen molar-refractivity contribution < 1.29 is 9.59 Å². The molecule has 0 aromatic heterocycles. The molecule has 1 heterocycles. The predicted octanol–water partition coefficient (Wildman–Crippen LogP) is 1.37. The van der Waals surface area contributed by atoms with Gasteiger partial charge in [-0.3, -0.25) is 9.59 Å². The van der Waals surface area contributed by atoms with Crippen LogP contribution in [0.3, 0.4) is 0 Å². The Bertz CT molecular complexity index is 254. The smallest absolute Gasteiger partial charge is 0.230 e. The van der Waals surface area contributed by atoms with E-state index in [1.54, 1.807) is 4.90 Å². The first kappa shape index (κ1) is 9.69. The zero-order chi connectivity index (χ0) is 10.1. The molecule has 0 bridgehead atoms. The van der Waals surface area contributed by atoms with Crippen LogP contribution in [0, 0.1) is 5.92 Å². The molecular formula is C11H17NO2. The fraction of sp³-hybridized carbons (Fsp3) is 0.818. The molecule has 1 aliphatic heterocycles. The molecule has 1 aliphatic carbocycles. The van der Waals surface area contributed by atoms with Crippen LogP contribution in [0.25, 0.3) is 0 Å². The fourth-order valence-electron chi connectivity index (χ4n) is 2.49. The van der Waals surface area contributed by atoms with Crippen LogP contribution in [0.5, 0.6) is 0 Å². The van der Waals surface area contributed by atoms with Gasteiger partial charge in [0.05, 0.1) is 13.0 Å². The molecule has 78 valence electrons. The average molecular weight is 195 g/mol. The summed E-state index contributed by atoms with van der Waals surface area (Å²) in [5.74, 6) is 0.933. The molecule has 2 aliphatic rings. The van der Waals surface area contributed by atoms with E-state index in [1.807, 2.05) is 0 Å². The molecule has 1 saturated carbocycles. The maximum Gasteiger partial charge on any atom is 0.230 e. The van der Waals surface area contributed by atoms with E-state index in [9.17, 15) is 9.59 Å². The summed E-state index contributed by atoms with van der Waals surface area (Å²) in [7, 11) is 0. The summed E-state index contributed by atoms with van der Waals surface area (Å²) in [5, 5.41) is 0. The van der Waals surface area contributed by atoms with Gasteiger partial charge < -0.3 is 4.90 Å². The third-order valence-electron chi connectivity index (χ3n) is 3.44. The number of ketones is 1. The van der Waals surface area contributed by atoms with Crippen LogP contribution in [0.15, 0.2) is 0 Å². The van der Waals surface area contributed by atoms with Gasteiger partial charge in [0.25, 0.3) is 0 Å². The predicted molar refractivity (Wildman–Crippen MR) is 52.8 cm³/mol. The van der Waals surface area contributed by atoms with Crippen LogP contribution in [-0.2, 0) is 9.59 Å². The van der Waals surface area contributed by atoms with E-state index >= 15 is 0 Å². The molecule has 3 nitrogen and oxygen atoms in total. The molecule has 0 spiro atoms. The van der Waals surface area contributed by atoms with Crippen molar-refractivity contribution in [1.29, 1.82) is 0 Å². The molecule has 0 aromatic rings. The van der Waals surface area contributed by atoms with Crippen LogP contribution in [0.1, 0.15) is 39.0 Å². The molecule has 1 amide bonds. The molecule has 0 aromatic carbocycles. The van der Waals surface area contributed by atoms with Crippen molar-refractivity contribution in [3.05, 3.63) is 0 Å². The lowest BCUT2D eigenvalue weighted by Gasteiger charge is -2.32. The molecular weight excluding hydrogens is 178 g/mol. The second kappa shape index (κ2) is 3.71. The van der Waals surface area contributed by atoms with Crippen LogP contribution >= 0.6 is 0 Å². The molecule has 2 fully saturated rings. The number of carbonyl (C=O) groups excluding carboxylic acids is 2. The first-order valence-electron chi connectivity index (χ1n) is 5.48. The monoisotopic (exact) mass is 195 g/mol. The van der Waals surface area contributed by atoms with Gasteiger partial charge in [-0.1, -0.05) is 6.92 Å². The Labute approximate surface area is 84.5 Å². The molecule has 0 atom stereocenters. The lowest BCUT2D eigenvalue weighted by Crippen LogP contribution is -2.38. The quantitative estimate of drug-likeness (QED) is 0.592. The number of likely N-dealkylation sites (tertiary alicyclic amines) is 1. The van der Waals surface area contributed by atoms with Crippen LogP contribution in [0.2, 0.25) is 0 Å². The van der Waals surface area contributed by atoms with Crippen molar-refractivity contribution in [3.8, 4) is 0 Å². The third kappa shape index (κ3) is 1.81. The Hall–Kier alpha value is -0.860. The Balaban J connectivity index is 1.95. The van der Waals surface area contributed by atoms with E-state index < -0.39 is 0 Å². The van der Waals surface area contributed by atoms with Gasteiger partial charge in [0, 0.05) is 6.04 Å². The Morgan fingerprint density at radius 3 is 2.29 bits per heavy atom. The highest BCUT2D eigenvalue weighted by atomic mass is 16.2. The summed E-state index contributed by atoms with van der Waals surface area (Å²) in [5.41, 5.74) is 0. The molecule has 0 unspecified atom stereocenters. The number of hydrogen-bond donors (Lipinski definition) is 0. The zero-order valence-electron chi connectivity index (χ0n) is 8.66. The van der Waals surface area contributed by atoms with Gasteiger partial charge in [0.1, 0.15) is 0 Å². The van der Waals surface area contributed by atoms with Crippen molar-refractivity contribution in [2.75, 3.05) is 6.54 Å². The Kier molecular flexibility index (Phi) is 2.57. The van der Waals surface area contributed by atoms with Crippen molar-refractivity contribution in [2.45, 2.75) is 45.1 Å². The van der Waals surface area contributed by atoms with Crippen molar-refractivity contribution in [1.82, 2.24) is 4.90 Å². The second-order valence-electron chi connectivity index (χ2n) is 4.65. The molecule has 0 radical (unpaired) electrons. The van der Waals surface area contributed by atoms with Crippen molar-refractivity contribution in [3.63, 3.8) is 0 Å². The SMILES string of the molecule is CC1CCC(N2CC(=O)CC2=O)CC1. The van der Waals surface area contributed by atoms with Gasteiger partial charge in [-0.05, 0) is 31.6 Å². The van der Waals surface area contributed by atoms with Gasteiger partial charge in [-0.25, -0.2) is 0 Å². The summed E-state index contributed by atoms with van der Waals surface area (Å²) < 4.78 is 0. The van der Waals surface area contributed by atoms with Gasteiger partial charge >= 0.3 is 0 Å². The number of rotatable bonds is 1. The van der Waals surface area contributed by atoms with Gasteiger partial charge in [0.15, 0.2) is 5.78 Å². The first-order valence-corrected chi connectivity index (χ1v) is 5.48. The molecule has 14 heavy (non-hydrogen) atoms. The maximum absolute atomic E-state index is 11.5. The van der Waals surface area contributed by atoms with Gasteiger partial charge in [-0.2, -0.15) is 0 Å². The largest absolute Gasteiger partial charge is 0.332 e. The molecule has 0 N–H and O–H groups in total. The van der Waals surface area contributed by atoms with Crippen molar-refractivity contribution in [2.24, 2.45) is 5.92 Å². The van der Waals surface area contributed by atoms with E-state index in [1.165, 1.54) is 12.8 Å². The lowest BCUT2D eigenvalue weighted by molar-refractivity contribution is -0.130. The van der Waals surface area contributed by atoms with E-state index in [4.69, 9.17) is 0 Å². The third-order valence-corrected chi connectivity index (χ3v) is 3.44. The Morgan fingerprint density at radius 1 is 1.14 bits per heavy atom. The van der Waals surface area contributed by atoms with Gasteiger partial charge in [-0.15, -0.1) is 0 Å². The molecule has 1 saturated heterocycles. The summed E-state index contributed by atoms with van der Waals surface area (Å²) >= 11 is 0. The second-order valence-corrected chi connectivity index (χ2v) is 4.65. The normalized spacial score (nSPS) is 33.9.